The van der Waals surface area contributed by atoms with Crippen LogP contribution in [0.15, 0.2) is 29.3 Å². The molecule has 0 spiro atoms. The van der Waals surface area contributed by atoms with E-state index in [1.165, 1.54) is 16.0 Å². The minimum absolute atomic E-state index is 0.148. The molecule has 8 nitrogen and oxygen atoms in total. The van der Waals surface area contributed by atoms with Crippen LogP contribution >= 0.6 is 22.9 Å². The van der Waals surface area contributed by atoms with Gasteiger partial charge in [-0.2, -0.15) is 0 Å². The third kappa shape index (κ3) is 6.03. The molecular weight excluding hydrogens is 494 g/mol. The Morgan fingerprint density at radius 2 is 1.86 bits per heavy atom. The Hall–Kier alpha value is -2.59. The number of aliphatic imine (C=N–C) groups is 1. The number of hydrogen-bond donors (Lipinski definition) is 2. The molecule has 0 saturated carbocycles. The van der Waals surface area contributed by atoms with Crippen LogP contribution in [0.25, 0.3) is 5.00 Å². The Kier molecular flexibility index (Phi) is 8.90. The molecule has 1 amide bonds. The summed E-state index contributed by atoms with van der Waals surface area (Å²) < 4.78 is 2.13. The van der Waals surface area contributed by atoms with Gasteiger partial charge in [0.2, 0.25) is 5.91 Å². The monoisotopic (exact) mass is 527 g/mol. The highest BCUT2D eigenvalue weighted by Gasteiger charge is 2.26. The van der Waals surface area contributed by atoms with Crippen molar-refractivity contribution in [2.45, 2.75) is 40.2 Å². The summed E-state index contributed by atoms with van der Waals surface area (Å²) in [4.78, 5) is 19.5. The second-order valence-electron chi connectivity index (χ2n) is 9.00. The zero-order valence-electron chi connectivity index (χ0n) is 21.4. The number of thiophene rings is 1. The minimum atomic E-state index is 0.148. The lowest BCUT2D eigenvalue weighted by Crippen LogP contribution is -2.43. The second kappa shape index (κ2) is 12.1. The molecule has 2 aliphatic heterocycles. The molecule has 2 aromatic heterocycles. The van der Waals surface area contributed by atoms with Crippen molar-refractivity contribution in [1.82, 2.24) is 30.3 Å². The van der Waals surface area contributed by atoms with Gasteiger partial charge in [0.15, 0.2) is 5.82 Å². The molecule has 36 heavy (non-hydrogen) atoms. The SMILES string of the molecule is CNC(=O)CCCN1CCNCC1.Cc1sc2c(c1C)C(c1ccc(Cl)cc1)=NCc1nnc(C)n1-2. The smallest absolute Gasteiger partial charge is 0.219 e. The number of benzene rings is 1. The number of nitrogens with zero attached hydrogens (tertiary/aromatic N) is 5. The highest BCUT2D eigenvalue weighted by atomic mass is 35.5. The molecule has 1 aromatic carbocycles. The molecule has 5 rings (SSSR count). The first-order valence-corrected chi connectivity index (χ1v) is 13.5. The Balaban J connectivity index is 0.000000200. The third-order valence-electron chi connectivity index (χ3n) is 6.56. The van der Waals surface area contributed by atoms with Crippen LogP contribution in [0.5, 0.6) is 0 Å². The Labute approximate surface area is 221 Å². The van der Waals surface area contributed by atoms with Crippen molar-refractivity contribution in [3.05, 3.63) is 62.5 Å². The number of rotatable bonds is 5. The van der Waals surface area contributed by atoms with Gasteiger partial charge >= 0.3 is 0 Å². The van der Waals surface area contributed by atoms with Crippen LogP contribution in [-0.4, -0.2) is 71.1 Å². The summed E-state index contributed by atoms with van der Waals surface area (Å²) >= 11 is 7.80. The van der Waals surface area contributed by atoms with E-state index in [-0.39, 0.29) is 5.91 Å². The van der Waals surface area contributed by atoms with Gasteiger partial charge in [0.25, 0.3) is 0 Å². The van der Waals surface area contributed by atoms with Crippen molar-refractivity contribution < 1.29 is 4.79 Å². The van der Waals surface area contributed by atoms with E-state index in [0.29, 0.717) is 13.0 Å². The van der Waals surface area contributed by atoms with E-state index in [4.69, 9.17) is 16.6 Å². The molecule has 2 N–H and O–H groups in total. The van der Waals surface area contributed by atoms with Crippen molar-refractivity contribution >= 4 is 34.6 Å². The van der Waals surface area contributed by atoms with Gasteiger partial charge in [-0.1, -0.05) is 23.7 Å². The lowest BCUT2D eigenvalue weighted by atomic mass is 10.00. The lowest BCUT2D eigenvalue weighted by molar-refractivity contribution is -0.120. The van der Waals surface area contributed by atoms with Gasteiger partial charge in [-0.3, -0.25) is 14.4 Å². The molecule has 0 unspecified atom stereocenters. The number of aromatic nitrogens is 3. The van der Waals surface area contributed by atoms with Crippen LogP contribution in [0.1, 0.15) is 46.1 Å². The molecule has 1 saturated heterocycles. The summed E-state index contributed by atoms with van der Waals surface area (Å²) in [5.41, 5.74) is 4.52. The summed E-state index contributed by atoms with van der Waals surface area (Å²) in [7, 11) is 1.69. The van der Waals surface area contributed by atoms with E-state index < -0.39 is 0 Å². The maximum atomic E-state index is 10.9. The van der Waals surface area contributed by atoms with E-state index in [1.807, 2.05) is 31.2 Å². The fraction of sp³-hybridized carbons (Fsp3) is 0.462. The number of amides is 1. The summed E-state index contributed by atoms with van der Waals surface area (Å²) in [5.74, 6) is 1.93. The van der Waals surface area contributed by atoms with Crippen molar-refractivity contribution in [1.29, 1.82) is 0 Å². The minimum Gasteiger partial charge on any atom is -0.359 e. The Bertz CT molecular complexity index is 1230. The zero-order chi connectivity index (χ0) is 25.7. The number of hydrogen-bond acceptors (Lipinski definition) is 7. The van der Waals surface area contributed by atoms with E-state index >= 15 is 0 Å². The van der Waals surface area contributed by atoms with E-state index in [1.54, 1.807) is 18.4 Å². The molecule has 2 aliphatic rings. The molecule has 0 bridgehead atoms. The lowest BCUT2D eigenvalue weighted by Gasteiger charge is -2.26. The van der Waals surface area contributed by atoms with Gasteiger partial charge in [-0.25, -0.2) is 0 Å². The first kappa shape index (κ1) is 26.5. The largest absolute Gasteiger partial charge is 0.359 e. The predicted molar refractivity (Wildman–Crippen MR) is 147 cm³/mol. The normalized spacial score (nSPS) is 15.2. The van der Waals surface area contributed by atoms with Gasteiger partial charge in [-0.15, -0.1) is 21.5 Å². The fourth-order valence-corrected chi connectivity index (χ4v) is 5.77. The highest BCUT2D eigenvalue weighted by Crippen LogP contribution is 2.36. The number of piperazine rings is 1. The summed E-state index contributed by atoms with van der Waals surface area (Å²) in [5, 5.41) is 16.3. The quantitative estimate of drug-likeness (QED) is 0.528. The molecule has 0 aliphatic carbocycles. The van der Waals surface area contributed by atoms with Gasteiger partial charge in [0.1, 0.15) is 17.4 Å². The predicted octanol–water partition coefficient (Wildman–Crippen LogP) is 3.68. The second-order valence-corrected chi connectivity index (χ2v) is 10.6. The van der Waals surface area contributed by atoms with Crippen LogP contribution in [0.4, 0.5) is 0 Å². The Morgan fingerprint density at radius 3 is 2.56 bits per heavy atom. The topological polar surface area (TPSA) is 87.4 Å². The molecular formula is C26H34ClN7OS. The molecule has 3 aromatic rings. The number of carbonyl (C=O) groups excluding carboxylic acids is 1. The highest BCUT2D eigenvalue weighted by molar-refractivity contribution is 7.15. The van der Waals surface area contributed by atoms with Crippen LogP contribution in [0.2, 0.25) is 5.02 Å². The molecule has 0 atom stereocenters. The first-order valence-electron chi connectivity index (χ1n) is 12.3. The standard InChI is InChI=1S/C17H15ClN4S.C9H19N3O/c1-9-10(2)23-17-15(9)16(12-4-6-13(18)7-5-12)19-8-14-21-20-11(3)22(14)17;1-10-9(13)3-2-6-12-7-4-11-5-8-12/h4-7H,8H2,1-3H3;11H,2-8H2,1H3,(H,10,13). The van der Waals surface area contributed by atoms with Gasteiger partial charge < -0.3 is 15.5 Å². The van der Waals surface area contributed by atoms with Gasteiger partial charge in [0.05, 0.1) is 5.71 Å². The van der Waals surface area contributed by atoms with E-state index in [0.717, 1.165) is 72.1 Å². The molecule has 10 heteroatoms. The van der Waals surface area contributed by atoms with Crippen LogP contribution in [0.3, 0.4) is 0 Å². The third-order valence-corrected chi connectivity index (χ3v) is 8.01. The summed E-state index contributed by atoms with van der Waals surface area (Å²) in [6, 6.07) is 7.86. The molecule has 1 fully saturated rings. The van der Waals surface area contributed by atoms with Crippen LogP contribution in [0, 0.1) is 20.8 Å². The Morgan fingerprint density at radius 1 is 1.14 bits per heavy atom. The molecule has 192 valence electrons. The summed E-state index contributed by atoms with van der Waals surface area (Å²) in [6.07, 6.45) is 1.63. The zero-order valence-corrected chi connectivity index (χ0v) is 23.0. The van der Waals surface area contributed by atoms with Crippen LogP contribution in [-0.2, 0) is 11.3 Å². The number of halogens is 1. The van der Waals surface area contributed by atoms with Gasteiger partial charge in [-0.05, 0) is 51.4 Å². The van der Waals surface area contributed by atoms with Crippen LogP contribution < -0.4 is 10.6 Å². The average Bonchev–Trinajstić information content (AvgIpc) is 3.33. The van der Waals surface area contributed by atoms with Gasteiger partial charge in [0, 0.05) is 60.7 Å². The van der Waals surface area contributed by atoms with Crippen molar-refractivity contribution in [2.24, 2.45) is 4.99 Å². The number of aryl methyl sites for hydroxylation is 2. The fourth-order valence-electron chi connectivity index (χ4n) is 4.41. The number of carbonyl (C=O) groups is 1. The van der Waals surface area contributed by atoms with Crippen molar-refractivity contribution in [3.63, 3.8) is 0 Å². The van der Waals surface area contributed by atoms with E-state index in [9.17, 15) is 4.79 Å². The maximum absolute atomic E-state index is 10.9. The van der Waals surface area contributed by atoms with Crippen molar-refractivity contribution in [2.75, 3.05) is 39.8 Å². The van der Waals surface area contributed by atoms with Crippen molar-refractivity contribution in [3.8, 4) is 5.00 Å². The summed E-state index contributed by atoms with van der Waals surface area (Å²) in [6.45, 7) is 12.3. The average molecular weight is 528 g/mol. The number of fused-ring (bicyclic) bond motifs is 3. The molecule has 4 heterocycles. The maximum Gasteiger partial charge on any atom is 0.219 e. The van der Waals surface area contributed by atoms with E-state index in [2.05, 4.69) is 44.1 Å². The molecule has 0 radical (unpaired) electrons. The number of nitrogens with one attached hydrogen (secondary N) is 2. The first-order chi connectivity index (χ1) is 17.4.